The van der Waals surface area contributed by atoms with Crippen molar-refractivity contribution in [1.29, 1.82) is 0 Å². The zero-order valence-corrected chi connectivity index (χ0v) is 22.3. The number of hydrazine groups is 1. The van der Waals surface area contributed by atoms with Crippen molar-refractivity contribution in [2.45, 2.75) is 57.2 Å². The molecule has 39 heavy (non-hydrogen) atoms. The van der Waals surface area contributed by atoms with Crippen LogP contribution in [0, 0.1) is 5.41 Å². The minimum atomic E-state index is -4.58. The molecule has 13 heteroatoms. The minimum Gasteiger partial charge on any atom is -0.390 e. The van der Waals surface area contributed by atoms with Crippen LogP contribution < -0.4 is 5.73 Å². The van der Waals surface area contributed by atoms with Crippen molar-refractivity contribution in [2.75, 3.05) is 45.0 Å². The van der Waals surface area contributed by atoms with Gasteiger partial charge < -0.3 is 10.6 Å². The Morgan fingerprint density at radius 1 is 0.974 bits per heavy atom. The summed E-state index contributed by atoms with van der Waals surface area (Å²) >= 11 is 0.884. The van der Waals surface area contributed by atoms with Crippen molar-refractivity contribution in [3.8, 4) is 0 Å². The number of carbonyl (C=O) groups excluding carboxylic acids is 3. The summed E-state index contributed by atoms with van der Waals surface area (Å²) in [5, 5.41) is 3.85. The average Bonchev–Trinajstić information content (AvgIpc) is 3.19. The molecule has 6 rings (SSSR count). The number of hydrogen-bond donors (Lipinski definition) is 1. The second kappa shape index (κ2) is 9.61. The van der Waals surface area contributed by atoms with E-state index in [1.54, 1.807) is 14.9 Å². The summed E-state index contributed by atoms with van der Waals surface area (Å²) in [5.41, 5.74) is 4.27. The van der Waals surface area contributed by atoms with Gasteiger partial charge in [-0.25, -0.2) is 4.98 Å². The first-order valence-electron chi connectivity index (χ1n) is 13.5. The van der Waals surface area contributed by atoms with E-state index in [1.807, 2.05) is 0 Å². The molecular weight excluding hydrogens is 533 g/mol. The highest BCUT2D eigenvalue weighted by atomic mass is 32.1. The fraction of sp³-hybridized carbons (Fsp3) is 0.615. The van der Waals surface area contributed by atoms with E-state index in [0.29, 0.717) is 57.4 Å². The van der Waals surface area contributed by atoms with Gasteiger partial charge in [-0.1, -0.05) is 11.3 Å². The average molecular weight is 565 g/mol. The molecule has 4 aliphatic heterocycles. The molecule has 0 aromatic carbocycles. The largest absolute Gasteiger partial charge is 0.433 e. The van der Waals surface area contributed by atoms with Crippen LogP contribution in [-0.4, -0.2) is 87.8 Å². The van der Waals surface area contributed by atoms with E-state index in [4.69, 9.17) is 5.73 Å². The summed E-state index contributed by atoms with van der Waals surface area (Å²) in [5.74, 6) is -0.432. The number of aromatic nitrogens is 1. The molecule has 9 nitrogen and oxygen atoms in total. The molecule has 4 saturated heterocycles. The van der Waals surface area contributed by atoms with E-state index in [-0.39, 0.29) is 39.2 Å². The number of nitrogen functional groups attached to an aromatic ring is 1. The maximum atomic E-state index is 13.5. The van der Waals surface area contributed by atoms with Crippen LogP contribution in [0.15, 0.2) is 12.1 Å². The molecule has 1 spiro atoms. The maximum absolute atomic E-state index is 13.5. The Labute approximate surface area is 227 Å². The van der Waals surface area contributed by atoms with Crippen molar-refractivity contribution >= 4 is 44.3 Å². The fourth-order valence-corrected chi connectivity index (χ4v) is 7.60. The molecule has 0 aliphatic carbocycles. The molecule has 2 aromatic heterocycles. The minimum absolute atomic E-state index is 0.0613. The third kappa shape index (κ3) is 4.33. The molecule has 4 fully saturated rings. The van der Waals surface area contributed by atoms with Gasteiger partial charge in [-0.2, -0.15) is 13.2 Å². The van der Waals surface area contributed by atoms with E-state index in [9.17, 15) is 27.6 Å². The predicted octanol–water partition coefficient (Wildman–Crippen LogP) is 3.35. The van der Waals surface area contributed by atoms with Crippen LogP contribution >= 0.6 is 11.3 Å². The van der Waals surface area contributed by atoms with E-state index in [1.165, 1.54) is 6.07 Å². The summed E-state index contributed by atoms with van der Waals surface area (Å²) in [6.45, 7) is 3.32. The van der Waals surface area contributed by atoms with E-state index >= 15 is 0 Å². The van der Waals surface area contributed by atoms with Gasteiger partial charge >= 0.3 is 6.18 Å². The zero-order valence-electron chi connectivity index (χ0n) is 21.5. The SMILES string of the molecule is Nc1sc2nc(C(F)(F)F)ccc2c1C(=O)N1CCC(N2CCCC3(C2)C(=O)N2CCCCCN2C3=O)CC1. The summed E-state index contributed by atoms with van der Waals surface area (Å²) < 4.78 is 39.3. The second-order valence-electron chi connectivity index (χ2n) is 11.0. The molecule has 0 bridgehead atoms. The number of nitrogens with two attached hydrogens (primary N) is 1. The Bertz CT molecular complexity index is 1300. The van der Waals surface area contributed by atoms with Gasteiger partial charge in [0, 0.05) is 44.2 Å². The molecule has 210 valence electrons. The number of pyridine rings is 1. The van der Waals surface area contributed by atoms with Crippen molar-refractivity contribution < 1.29 is 27.6 Å². The lowest BCUT2D eigenvalue weighted by Gasteiger charge is -2.44. The van der Waals surface area contributed by atoms with Crippen LogP contribution in [0.4, 0.5) is 18.2 Å². The highest BCUT2D eigenvalue weighted by molar-refractivity contribution is 7.22. The molecule has 0 atom stereocenters. The molecule has 0 saturated carbocycles. The van der Waals surface area contributed by atoms with Gasteiger partial charge in [0.1, 0.15) is 20.9 Å². The van der Waals surface area contributed by atoms with Gasteiger partial charge in [0.15, 0.2) is 0 Å². The van der Waals surface area contributed by atoms with Crippen molar-refractivity contribution in [2.24, 2.45) is 5.41 Å². The smallest absolute Gasteiger partial charge is 0.390 e. The molecule has 0 radical (unpaired) electrons. The number of thiophene rings is 1. The van der Waals surface area contributed by atoms with Gasteiger partial charge in [0.2, 0.25) is 0 Å². The molecule has 4 aliphatic rings. The molecule has 2 N–H and O–H groups in total. The third-order valence-electron chi connectivity index (χ3n) is 8.70. The first kappa shape index (κ1) is 26.3. The van der Waals surface area contributed by atoms with Crippen LogP contribution in [0.25, 0.3) is 10.2 Å². The van der Waals surface area contributed by atoms with E-state index in [0.717, 1.165) is 49.6 Å². The second-order valence-corrected chi connectivity index (χ2v) is 12.0. The number of rotatable bonds is 2. The van der Waals surface area contributed by atoms with E-state index in [2.05, 4.69) is 9.88 Å². The van der Waals surface area contributed by atoms with Crippen LogP contribution in [0.3, 0.4) is 0 Å². The van der Waals surface area contributed by atoms with Crippen molar-refractivity contribution in [3.63, 3.8) is 0 Å². The molecule has 3 amide bonds. The van der Waals surface area contributed by atoms with Gasteiger partial charge in [-0.05, 0) is 63.6 Å². The first-order valence-corrected chi connectivity index (χ1v) is 14.4. The number of likely N-dealkylation sites (tertiary alicyclic amines) is 2. The lowest BCUT2D eigenvalue weighted by atomic mass is 9.78. The fourth-order valence-electron chi connectivity index (χ4n) is 6.67. The summed E-state index contributed by atoms with van der Waals surface area (Å²) in [7, 11) is 0. The number of nitrogens with zero attached hydrogens (tertiary/aromatic N) is 5. The molecule has 2 aromatic rings. The number of anilines is 1. The topological polar surface area (TPSA) is 103 Å². The van der Waals surface area contributed by atoms with E-state index < -0.39 is 17.3 Å². The number of alkyl halides is 3. The van der Waals surface area contributed by atoms with Gasteiger partial charge in [0.05, 0.1) is 5.56 Å². The summed E-state index contributed by atoms with van der Waals surface area (Å²) in [6.07, 6.45) is 0.944. The van der Waals surface area contributed by atoms with Crippen molar-refractivity contribution in [1.82, 2.24) is 24.8 Å². The lowest BCUT2D eigenvalue weighted by molar-refractivity contribution is -0.145. The number of hydrogen-bond acceptors (Lipinski definition) is 7. The van der Waals surface area contributed by atoms with Gasteiger partial charge in [-0.3, -0.25) is 29.3 Å². The third-order valence-corrected chi connectivity index (χ3v) is 9.62. The van der Waals surface area contributed by atoms with Crippen LogP contribution in [-0.2, 0) is 15.8 Å². The normalized spacial score (nSPS) is 23.1. The first-order chi connectivity index (χ1) is 18.6. The molecule has 0 unspecified atom stereocenters. The van der Waals surface area contributed by atoms with Gasteiger partial charge in [0.25, 0.3) is 17.7 Å². The Morgan fingerprint density at radius 3 is 2.28 bits per heavy atom. The number of halogens is 3. The van der Waals surface area contributed by atoms with Crippen LogP contribution in [0.1, 0.15) is 61.0 Å². The number of amides is 3. The monoisotopic (exact) mass is 564 g/mol. The molecule has 6 heterocycles. The van der Waals surface area contributed by atoms with Crippen LogP contribution in [0.5, 0.6) is 0 Å². The Hall–Kier alpha value is -2.93. The Balaban J connectivity index is 1.14. The highest BCUT2D eigenvalue weighted by Crippen LogP contribution is 2.42. The lowest BCUT2D eigenvalue weighted by Crippen LogP contribution is -2.56. The number of fused-ring (bicyclic) bond motifs is 2. The highest BCUT2D eigenvalue weighted by Gasteiger charge is 2.60. The Kier molecular flexibility index (Phi) is 6.48. The quantitative estimate of drug-likeness (QED) is 0.562. The zero-order chi connectivity index (χ0) is 27.5. The summed E-state index contributed by atoms with van der Waals surface area (Å²) in [4.78, 5) is 48.1. The van der Waals surface area contributed by atoms with Crippen LogP contribution in [0.2, 0.25) is 0 Å². The maximum Gasteiger partial charge on any atom is 0.433 e. The standard InChI is InChI=1S/C26H31F3N6O3S/c27-26(28,29)18-6-5-17-19(20(30)39-21(17)31-18)22(36)32-13-7-16(8-14-32)33-10-4-9-25(15-33)23(37)34-11-2-1-3-12-35(34)24(25)38/h5-6,16H,1-4,7-15,30H2. The Morgan fingerprint density at radius 2 is 1.64 bits per heavy atom. The van der Waals surface area contributed by atoms with Gasteiger partial charge in [-0.15, -0.1) is 0 Å². The molecular formula is C26H31F3N6O3S. The number of piperidine rings is 2. The van der Waals surface area contributed by atoms with Crippen molar-refractivity contribution in [3.05, 3.63) is 23.4 Å². The number of carbonyl (C=O) groups is 3. The predicted molar refractivity (Wildman–Crippen MR) is 138 cm³/mol. The summed E-state index contributed by atoms with van der Waals surface area (Å²) in [6, 6.07) is 2.28.